The molecular weight excluding hydrogens is 356 g/mol. The number of hydrogen-bond acceptors (Lipinski definition) is 5. The van der Waals surface area contributed by atoms with Gasteiger partial charge in [-0.05, 0) is 11.6 Å². The molecule has 1 aromatic carbocycles. The highest BCUT2D eigenvalue weighted by Crippen LogP contribution is 2.23. The van der Waals surface area contributed by atoms with E-state index in [2.05, 4.69) is 9.82 Å². The number of fused-ring (bicyclic) bond motifs is 1. The number of hydrogen-bond donors (Lipinski definition) is 2. The van der Waals surface area contributed by atoms with E-state index in [1.807, 2.05) is 36.4 Å². The smallest absolute Gasteiger partial charge is 0.224 e. The topological polar surface area (TPSA) is 105 Å². The number of amides is 1. The van der Waals surface area contributed by atoms with Crippen LogP contribution < -0.4 is 4.72 Å². The van der Waals surface area contributed by atoms with Crippen molar-refractivity contribution in [3.8, 4) is 0 Å². The second-order valence-corrected chi connectivity index (χ2v) is 8.16. The van der Waals surface area contributed by atoms with Gasteiger partial charge in [-0.1, -0.05) is 30.3 Å². The lowest BCUT2D eigenvalue weighted by molar-refractivity contribution is -0.132. The molecule has 26 heavy (non-hydrogen) atoms. The standard InChI is InChI=1S/C17H22N4O4S/c1-26(24,25)18-8-7-16(22)20-9-10-21-14(12-20)11-15(19-21)17(23)13-5-3-2-4-6-13/h2-6,11,17-18,23H,7-10,12H2,1H3. The summed E-state index contributed by atoms with van der Waals surface area (Å²) in [4.78, 5) is 13.9. The third-order valence-corrected chi connectivity index (χ3v) is 5.00. The van der Waals surface area contributed by atoms with Crippen LogP contribution in [0.4, 0.5) is 0 Å². The molecule has 8 nitrogen and oxygen atoms in total. The van der Waals surface area contributed by atoms with Crippen LogP contribution in [0.1, 0.15) is 29.5 Å². The first-order valence-corrected chi connectivity index (χ1v) is 10.2. The summed E-state index contributed by atoms with van der Waals surface area (Å²) in [6, 6.07) is 11.1. The van der Waals surface area contributed by atoms with Gasteiger partial charge in [0.1, 0.15) is 6.10 Å². The minimum absolute atomic E-state index is 0.0887. The van der Waals surface area contributed by atoms with Crippen LogP contribution in [0.2, 0.25) is 0 Å². The van der Waals surface area contributed by atoms with E-state index in [0.717, 1.165) is 17.5 Å². The van der Waals surface area contributed by atoms with Gasteiger partial charge in [-0.2, -0.15) is 5.10 Å². The van der Waals surface area contributed by atoms with E-state index in [1.165, 1.54) is 0 Å². The van der Waals surface area contributed by atoms with Crippen LogP contribution in [0, 0.1) is 0 Å². The Balaban J connectivity index is 1.64. The predicted molar refractivity (Wildman–Crippen MR) is 95.6 cm³/mol. The van der Waals surface area contributed by atoms with Crippen molar-refractivity contribution in [1.29, 1.82) is 0 Å². The summed E-state index contributed by atoms with van der Waals surface area (Å²) in [7, 11) is -3.29. The fourth-order valence-corrected chi connectivity index (χ4v) is 3.42. The van der Waals surface area contributed by atoms with Crippen LogP contribution in [0.5, 0.6) is 0 Å². The molecule has 1 unspecified atom stereocenters. The highest BCUT2D eigenvalue weighted by Gasteiger charge is 2.24. The quantitative estimate of drug-likeness (QED) is 0.750. The van der Waals surface area contributed by atoms with E-state index >= 15 is 0 Å². The minimum atomic E-state index is -3.29. The average molecular weight is 378 g/mol. The van der Waals surface area contributed by atoms with Gasteiger partial charge in [0.05, 0.1) is 30.7 Å². The van der Waals surface area contributed by atoms with Crippen molar-refractivity contribution in [1.82, 2.24) is 19.4 Å². The third-order valence-electron chi connectivity index (χ3n) is 4.27. The fraction of sp³-hybridized carbons (Fsp3) is 0.412. The van der Waals surface area contributed by atoms with E-state index in [1.54, 1.807) is 9.58 Å². The van der Waals surface area contributed by atoms with Crippen LogP contribution in [0.25, 0.3) is 0 Å². The van der Waals surface area contributed by atoms with Crippen LogP contribution >= 0.6 is 0 Å². The molecule has 0 bridgehead atoms. The molecular formula is C17H22N4O4S. The van der Waals surface area contributed by atoms with Crippen molar-refractivity contribution < 1.29 is 18.3 Å². The lowest BCUT2D eigenvalue weighted by Gasteiger charge is -2.27. The number of sulfonamides is 1. The largest absolute Gasteiger partial charge is 0.382 e. The molecule has 2 heterocycles. The summed E-state index contributed by atoms with van der Waals surface area (Å²) in [5.74, 6) is -0.112. The Bertz CT molecular complexity index is 879. The fourth-order valence-electron chi connectivity index (χ4n) is 2.94. The number of aliphatic hydroxyl groups excluding tert-OH is 1. The van der Waals surface area contributed by atoms with Crippen LogP contribution in [-0.4, -0.2) is 53.5 Å². The van der Waals surface area contributed by atoms with Gasteiger partial charge < -0.3 is 10.0 Å². The molecule has 0 aliphatic carbocycles. The molecule has 3 rings (SSSR count). The number of carbonyl (C=O) groups excluding carboxylic acids is 1. The molecule has 2 aromatic rings. The van der Waals surface area contributed by atoms with Gasteiger partial charge in [0.15, 0.2) is 0 Å². The molecule has 2 N–H and O–H groups in total. The maximum absolute atomic E-state index is 12.3. The Morgan fingerprint density at radius 3 is 2.73 bits per heavy atom. The maximum atomic E-state index is 12.3. The monoisotopic (exact) mass is 378 g/mol. The van der Waals surface area contributed by atoms with Gasteiger partial charge in [0, 0.05) is 19.5 Å². The highest BCUT2D eigenvalue weighted by molar-refractivity contribution is 7.88. The number of nitrogens with zero attached hydrogens (tertiary/aromatic N) is 3. The second kappa shape index (κ2) is 7.56. The first kappa shape index (κ1) is 18.6. The van der Waals surface area contributed by atoms with Crippen molar-refractivity contribution in [3.63, 3.8) is 0 Å². The molecule has 1 aromatic heterocycles. The number of aromatic nitrogens is 2. The van der Waals surface area contributed by atoms with Crippen LogP contribution in [0.15, 0.2) is 36.4 Å². The molecule has 9 heteroatoms. The second-order valence-electron chi connectivity index (χ2n) is 6.33. The van der Waals surface area contributed by atoms with Crippen molar-refractivity contribution >= 4 is 15.9 Å². The number of nitrogens with one attached hydrogen (secondary N) is 1. The molecule has 1 aliphatic rings. The van der Waals surface area contributed by atoms with Crippen molar-refractivity contribution in [2.24, 2.45) is 0 Å². The SMILES string of the molecule is CS(=O)(=O)NCCC(=O)N1CCn2nc(C(O)c3ccccc3)cc2C1. The van der Waals surface area contributed by atoms with Gasteiger partial charge in [0.2, 0.25) is 15.9 Å². The number of benzene rings is 1. The number of carbonyl (C=O) groups is 1. The van der Waals surface area contributed by atoms with Gasteiger partial charge in [0.25, 0.3) is 0 Å². The van der Waals surface area contributed by atoms with Crippen molar-refractivity contribution in [2.45, 2.75) is 25.6 Å². The maximum Gasteiger partial charge on any atom is 0.224 e. The predicted octanol–water partition coefficient (Wildman–Crippen LogP) is 0.246. The third kappa shape index (κ3) is 4.48. The summed E-state index contributed by atoms with van der Waals surface area (Å²) >= 11 is 0. The van der Waals surface area contributed by atoms with E-state index in [-0.39, 0.29) is 18.9 Å². The van der Waals surface area contributed by atoms with Crippen molar-refractivity contribution in [3.05, 3.63) is 53.3 Å². The zero-order chi connectivity index (χ0) is 18.7. The summed E-state index contributed by atoms with van der Waals surface area (Å²) < 4.78 is 26.3. The van der Waals surface area contributed by atoms with Crippen molar-refractivity contribution in [2.75, 3.05) is 19.3 Å². The summed E-state index contributed by atoms with van der Waals surface area (Å²) in [5.41, 5.74) is 2.17. The Labute approximate surface area is 152 Å². The molecule has 1 amide bonds. The molecule has 0 saturated heterocycles. The molecule has 0 spiro atoms. The Kier molecular flexibility index (Phi) is 5.40. The van der Waals surface area contributed by atoms with Gasteiger partial charge in [-0.15, -0.1) is 0 Å². The summed E-state index contributed by atoms with van der Waals surface area (Å²) in [5, 5.41) is 14.9. The summed E-state index contributed by atoms with van der Waals surface area (Å²) in [6.45, 7) is 1.53. The first-order chi connectivity index (χ1) is 12.3. The highest BCUT2D eigenvalue weighted by atomic mass is 32.2. The summed E-state index contributed by atoms with van der Waals surface area (Å²) in [6.07, 6.45) is 0.370. The molecule has 0 saturated carbocycles. The van der Waals surface area contributed by atoms with Gasteiger partial charge in [-0.3, -0.25) is 9.48 Å². The Morgan fingerprint density at radius 2 is 2.04 bits per heavy atom. The normalized spacial score (nSPS) is 15.5. The Hall–Kier alpha value is -2.23. The van der Waals surface area contributed by atoms with Gasteiger partial charge in [-0.25, -0.2) is 13.1 Å². The zero-order valence-corrected chi connectivity index (χ0v) is 15.3. The lowest BCUT2D eigenvalue weighted by Crippen LogP contribution is -2.39. The van der Waals surface area contributed by atoms with E-state index in [9.17, 15) is 18.3 Å². The molecule has 0 radical (unpaired) electrons. The number of rotatable bonds is 6. The van der Waals surface area contributed by atoms with Crippen LogP contribution in [-0.2, 0) is 27.9 Å². The van der Waals surface area contributed by atoms with E-state index in [0.29, 0.717) is 25.3 Å². The van der Waals surface area contributed by atoms with E-state index in [4.69, 9.17) is 0 Å². The van der Waals surface area contributed by atoms with Crippen LogP contribution in [0.3, 0.4) is 0 Å². The Morgan fingerprint density at radius 1 is 1.31 bits per heavy atom. The van der Waals surface area contributed by atoms with E-state index < -0.39 is 16.1 Å². The zero-order valence-electron chi connectivity index (χ0n) is 14.5. The first-order valence-electron chi connectivity index (χ1n) is 8.35. The minimum Gasteiger partial charge on any atom is -0.382 e. The number of aliphatic hydroxyl groups is 1. The molecule has 140 valence electrons. The molecule has 0 fully saturated rings. The van der Waals surface area contributed by atoms with Gasteiger partial charge >= 0.3 is 0 Å². The molecule has 1 atom stereocenters. The molecule has 1 aliphatic heterocycles. The average Bonchev–Trinajstić information content (AvgIpc) is 3.03. The lowest BCUT2D eigenvalue weighted by atomic mass is 10.1.